The molecule has 3 fully saturated rings. The SMILES string of the molecule is Cc1cc(N2CCC(C(=O)N3CC4CCCC4C3)CC2)n2ncnc2n1. The quantitative estimate of drug-likeness (QED) is 0.824. The summed E-state index contributed by atoms with van der Waals surface area (Å²) in [7, 11) is 0. The molecule has 7 nitrogen and oxygen atoms in total. The summed E-state index contributed by atoms with van der Waals surface area (Å²) in [5.74, 6) is 3.81. The smallest absolute Gasteiger partial charge is 0.254 e. The molecule has 2 aliphatic heterocycles. The van der Waals surface area contributed by atoms with Crippen LogP contribution in [0.3, 0.4) is 0 Å². The highest BCUT2D eigenvalue weighted by atomic mass is 16.2. The van der Waals surface area contributed by atoms with Crippen LogP contribution in [0.5, 0.6) is 0 Å². The summed E-state index contributed by atoms with van der Waals surface area (Å²) in [6.07, 6.45) is 7.39. The van der Waals surface area contributed by atoms with Crippen LogP contribution in [0.4, 0.5) is 5.82 Å². The van der Waals surface area contributed by atoms with Crippen LogP contribution in [-0.2, 0) is 4.79 Å². The number of likely N-dealkylation sites (tertiary alicyclic amines) is 1. The number of amides is 1. The van der Waals surface area contributed by atoms with Gasteiger partial charge in [0.15, 0.2) is 0 Å². The molecule has 2 unspecified atom stereocenters. The number of nitrogens with zero attached hydrogens (tertiary/aromatic N) is 6. The molecule has 3 aliphatic rings. The Hall–Kier alpha value is -2.18. The van der Waals surface area contributed by atoms with E-state index in [2.05, 4.69) is 30.9 Å². The summed E-state index contributed by atoms with van der Waals surface area (Å²) in [5.41, 5.74) is 0.947. The lowest BCUT2D eigenvalue weighted by Gasteiger charge is -2.34. The molecule has 4 heterocycles. The van der Waals surface area contributed by atoms with Gasteiger partial charge in [0.25, 0.3) is 5.78 Å². The van der Waals surface area contributed by atoms with E-state index in [0.29, 0.717) is 11.7 Å². The molecule has 0 N–H and O–H groups in total. The Bertz CT molecular complexity index is 813. The maximum atomic E-state index is 13.0. The van der Waals surface area contributed by atoms with Crippen molar-refractivity contribution in [1.29, 1.82) is 0 Å². The molecule has 0 bridgehead atoms. The molecule has 26 heavy (non-hydrogen) atoms. The normalized spacial score (nSPS) is 26.7. The minimum absolute atomic E-state index is 0.180. The van der Waals surface area contributed by atoms with Gasteiger partial charge in [-0.05, 0) is 44.4 Å². The Morgan fingerprint density at radius 1 is 1.12 bits per heavy atom. The zero-order chi connectivity index (χ0) is 17.7. The predicted octanol–water partition coefficient (Wildman–Crippen LogP) is 1.91. The van der Waals surface area contributed by atoms with E-state index in [4.69, 9.17) is 0 Å². The number of aryl methyl sites for hydroxylation is 1. The lowest BCUT2D eigenvalue weighted by molar-refractivity contribution is -0.135. The summed E-state index contributed by atoms with van der Waals surface area (Å²) in [6.45, 7) is 5.77. The first-order valence-electron chi connectivity index (χ1n) is 9.90. The van der Waals surface area contributed by atoms with E-state index >= 15 is 0 Å². The van der Waals surface area contributed by atoms with Gasteiger partial charge in [0.05, 0.1) is 0 Å². The number of fused-ring (bicyclic) bond motifs is 2. The summed E-state index contributed by atoms with van der Waals surface area (Å²) in [5, 5.41) is 4.31. The maximum Gasteiger partial charge on any atom is 0.254 e. The number of anilines is 1. The van der Waals surface area contributed by atoms with E-state index in [1.807, 2.05) is 6.92 Å². The van der Waals surface area contributed by atoms with Gasteiger partial charge in [0.1, 0.15) is 12.1 Å². The van der Waals surface area contributed by atoms with Crippen LogP contribution in [0, 0.1) is 24.7 Å². The van der Waals surface area contributed by atoms with Gasteiger partial charge in [-0.3, -0.25) is 4.79 Å². The van der Waals surface area contributed by atoms with Crippen molar-refractivity contribution in [3.63, 3.8) is 0 Å². The van der Waals surface area contributed by atoms with Crippen LogP contribution in [0.1, 0.15) is 37.8 Å². The number of aromatic nitrogens is 4. The maximum absolute atomic E-state index is 13.0. The molecule has 2 aromatic rings. The summed E-state index contributed by atoms with van der Waals surface area (Å²) >= 11 is 0. The van der Waals surface area contributed by atoms with Crippen molar-refractivity contribution in [3.8, 4) is 0 Å². The lowest BCUT2D eigenvalue weighted by atomic mass is 9.95. The van der Waals surface area contributed by atoms with E-state index in [0.717, 1.165) is 62.4 Å². The van der Waals surface area contributed by atoms with Crippen LogP contribution in [-0.4, -0.2) is 56.6 Å². The molecule has 7 heteroatoms. The van der Waals surface area contributed by atoms with Crippen molar-refractivity contribution in [1.82, 2.24) is 24.5 Å². The second kappa shape index (κ2) is 6.21. The van der Waals surface area contributed by atoms with Gasteiger partial charge in [0.2, 0.25) is 5.91 Å². The molecule has 2 atom stereocenters. The number of hydrogen-bond donors (Lipinski definition) is 0. The average molecular weight is 354 g/mol. The van der Waals surface area contributed by atoms with Gasteiger partial charge in [-0.2, -0.15) is 14.6 Å². The van der Waals surface area contributed by atoms with Gasteiger partial charge in [-0.15, -0.1) is 0 Å². The molecule has 0 spiro atoms. The van der Waals surface area contributed by atoms with Crippen molar-refractivity contribution in [3.05, 3.63) is 18.1 Å². The summed E-state index contributed by atoms with van der Waals surface area (Å²) < 4.78 is 1.80. The van der Waals surface area contributed by atoms with Crippen LogP contribution in [0.2, 0.25) is 0 Å². The van der Waals surface area contributed by atoms with Gasteiger partial charge >= 0.3 is 0 Å². The number of hydrogen-bond acceptors (Lipinski definition) is 5. The molecule has 2 aromatic heterocycles. The zero-order valence-electron chi connectivity index (χ0n) is 15.3. The van der Waals surface area contributed by atoms with Gasteiger partial charge in [-0.1, -0.05) is 6.42 Å². The van der Waals surface area contributed by atoms with Gasteiger partial charge < -0.3 is 9.80 Å². The van der Waals surface area contributed by atoms with Gasteiger partial charge in [-0.25, -0.2) is 4.98 Å². The Labute approximate surface area is 153 Å². The van der Waals surface area contributed by atoms with Gasteiger partial charge in [0, 0.05) is 43.9 Å². The van der Waals surface area contributed by atoms with Crippen LogP contribution >= 0.6 is 0 Å². The highest BCUT2D eigenvalue weighted by molar-refractivity contribution is 5.79. The van der Waals surface area contributed by atoms with Crippen LogP contribution in [0.25, 0.3) is 5.78 Å². The fraction of sp³-hybridized carbons (Fsp3) is 0.684. The molecule has 0 aromatic carbocycles. The van der Waals surface area contributed by atoms with Crippen molar-refractivity contribution >= 4 is 17.5 Å². The number of piperidine rings is 1. The van der Waals surface area contributed by atoms with Crippen molar-refractivity contribution in [2.45, 2.75) is 39.0 Å². The number of carbonyl (C=O) groups excluding carboxylic acids is 1. The molecular weight excluding hydrogens is 328 g/mol. The minimum atomic E-state index is 0.180. The van der Waals surface area contributed by atoms with E-state index in [-0.39, 0.29) is 5.92 Å². The topological polar surface area (TPSA) is 66.6 Å². The fourth-order valence-corrected chi connectivity index (χ4v) is 5.17. The Kier molecular flexibility index (Phi) is 3.83. The molecule has 1 aliphatic carbocycles. The first-order valence-corrected chi connectivity index (χ1v) is 9.90. The van der Waals surface area contributed by atoms with Crippen molar-refractivity contribution < 1.29 is 4.79 Å². The second-order valence-electron chi connectivity index (χ2n) is 8.18. The standard InChI is InChI=1S/C19H26N6O/c1-13-9-17(25-19(22-13)20-12-21-25)23-7-5-14(6-8-23)18(26)24-10-15-3-2-4-16(15)11-24/h9,12,14-16H,2-8,10-11H2,1H3. The van der Waals surface area contributed by atoms with Crippen LogP contribution < -0.4 is 4.90 Å². The average Bonchev–Trinajstić information content (AvgIpc) is 3.36. The molecular formula is C19H26N6O. The minimum Gasteiger partial charge on any atom is -0.356 e. The number of carbonyl (C=O) groups is 1. The first-order chi connectivity index (χ1) is 12.7. The third-order valence-corrected chi connectivity index (χ3v) is 6.57. The summed E-state index contributed by atoms with van der Waals surface area (Å²) in [4.78, 5) is 26.1. The predicted molar refractivity (Wildman–Crippen MR) is 97.9 cm³/mol. The van der Waals surface area contributed by atoms with E-state index in [1.165, 1.54) is 19.3 Å². The highest BCUT2D eigenvalue weighted by Crippen LogP contribution is 2.38. The second-order valence-corrected chi connectivity index (χ2v) is 8.18. The van der Waals surface area contributed by atoms with E-state index in [9.17, 15) is 4.79 Å². The van der Waals surface area contributed by atoms with Crippen LogP contribution in [0.15, 0.2) is 12.4 Å². The molecule has 0 radical (unpaired) electrons. The highest BCUT2D eigenvalue weighted by Gasteiger charge is 2.40. The largest absolute Gasteiger partial charge is 0.356 e. The molecule has 1 amide bonds. The van der Waals surface area contributed by atoms with Crippen molar-refractivity contribution in [2.24, 2.45) is 17.8 Å². The Balaban J connectivity index is 1.26. The Morgan fingerprint density at radius 3 is 2.58 bits per heavy atom. The lowest BCUT2D eigenvalue weighted by Crippen LogP contribution is -2.42. The molecule has 138 valence electrons. The summed E-state index contributed by atoms with van der Waals surface area (Å²) in [6, 6.07) is 2.06. The zero-order valence-corrected chi connectivity index (χ0v) is 15.3. The number of rotatable bonds is 2. The monoisotopic (exact) mass is 354 g/mol. The van der Waals surface area contributed by atoms with Crippen molar-refractivity contribution in [2.75, 3.05) is 31.1 Å². The molecule has 1 saturated carbocycles. The molecule has 5 rings (SSSR count). The van der Waals surface area contributed by atoms with E-state index in [1.54, 1.807) is 10.8 Å². The third kappa shape index (κ3) is 2.64. The first kappa shape index (κ1) is 16.0. The van der Waals surface area contributed by atoms with E-state index < -0.39 is 0 Å². The third-order valence-electron chi connectivity index (χ3n) is 6.57. The Morgan fingerprint density at radius 2 is 1.85 bits per heavy atom. The molecule has 2 saturated heterocycles. The fourth-order valence-electron chi connectivity index (χ4n) is 5.17.